The van der Waals surface area contributed by atoms with Crippen LogP contribution in [0.25, 0.3) is 60.5 Å². The Bertz CT molecular complexity index is 3870. The van der Waals surface area contributed by atoms with Crippen molar-refractivity contribution in [1.29, 1.82) is 0 Å². The molecule has 1 aromatic heterocycles. The summed E-state index contributed by atoms with van der Waals surface area (Å²) in [5.41, 5.74) is 19.9. The van der Waals surface area contributed by atoms with Gasteiger partial charge in [0.05, 0.1) is 27.8 Å². The Kier molecular flexibility index (Phi) is 8.50. The molecular weight excluding hydrogens is 823 g/mol. The van der Waals surface area contributed by atoms with Crippen molar-refractivity contribution in [2.24, 2.45) is 0 Å². The first-order chi connectivity index (χ1) is 33.8. The van der Waals surface area contributed by atoms with Gasteiger partial charge >= 0.3 is 0 Å². The van der Waals surface area contributed by atoms with Crippen LogP contribution in [-0.4, -0.2) is 4.57 Å². The molecule has 3 nitrogen and oxygen atoms in total. The van der Waals surface area contributed by atoms with Gasteiger partial charge in [-0.15, -0.1) is 0 Å². The Morgan fingerprint density at radius 2 is 0.765 bits per heavy atom. The lowest BCUT2D eigenvalue weighted by molar-refractivity contribution is 0.794. The molecule has 0 aliphatic heterocycles. The van der Waals surface area contributed by atoms with Crippen LogP contribution in [0.2, 0.25) is 0 Å². The van der Waals surface area contributed by atoms with E-state index in [0.717, 1.165) is 39.8 Å². The van der Waals surface area contributed by atoms with E-state index in [1.807, 2.05) is 0 Å². The summed E-state index contributed by atoms with van der Waals surface area (Å²) in [6, 6.07) is 96.1. The van der Waals surface area contributed by atoms with Gasteiger partial charge in [-0.3, -0.25) is 0 Å². The van der Waals surface area contributed by atoms with Crippen molar-refractivity contribution in [1.82, 2.24) is 4.57 Å². The van der Waals surface area contributed by atoms with E-state index in [1.165, 1.54) is 77.1 Å². The molecule has 3 heteroatoms. The lowest BCUT2D eigenvalue weighted by Gasteiger charge is -2.33. The predicted octanol–water partition coefficient (Wildman–Crippen LogP) is 17.2. The lowest BCUT2D eigenvalue weighted by Crippen LogP contribution is -2.26. The molecule has 318 valence electrons. The number of benzene rings is 11. The van der Waals surface area contributed by atoms with Crippen molar-refractivity contribution in [3.63, 3.8) is 0 Å². The lowest BCUT2D eigenvalue weighted by atomic mass is 9.70. The molecule has 2 aliphatic carbocycles. The number of anilines is 6. The van der Waals surface area contributed by atoms with Crippen LogP contribution in [0.5, 0.6) is 0 Å². The predicted molar refractivity (Wildman–Crippen MR) is 284 cm³/mol. The molecule has 14 rings (SSSR count). The fraction of sp³-hybridized carbons (Fsp3) is 0.0154. The zero-order chi connectivity index (χ0) is 44.8. The smallest absolute Gasteiger partial charge is 0.0727 e. The molecule has 1 heterocycles. The molecule has 0 N–H and O–H groups in total. The van der Waals surface area contributed by atoms with E-state index in [2.05, 4.69) is 275 Å². The fourth-order valence-electron chi connectivity index (χ4n) is 11.9. The SMILES string of the molecule is c1ccc(N(c2ccccc2)c2cccc3c2-c2ccccc2C32c3ccccc3-c3c2cc(N(c2ccccc2)c2ccc4c(c2)c2ccccc2n4-c2ccccc2)c2ccccc32)cc1. The molecule has 68 heavy (non-hydrogen) atoms. The second kappa shape index (κ2) is 15.1. The summed E-state index contributed by atoms with van der Waals surface area (Å²) >= 11 is 0. The van der Waals surface area contributed by atoms with Crippen molar-refractivity contribution in [2.45, 2.75) is 5.41 Å². The monoisotopic (exact) mass is 865 g/mol. The zero-order valence-electron chi connectivity index (χ0n) is 37.2. The quantitative estimate of drug-likeness (QED) is 0.158. The standard InChI is InChI=1S/C65H43N3/c1-5-22-44(23-6-1)66(45-24-7-2-8-25-45)61-39-21-37-57-64(61)53-34-16-19-36-56(53)65(57)55-35-18-15-33-52(55)63-51-32-14-13-30-49(51)62(43-58(63)65)67(46-26-9-3-10-27-46)48-40-41-60-54(42-48)50-31-17-20-38-59(50)68(60)47-28-11-4-12-29-47/h1-43H. The van der Waals surface area contributed by atoms with Gasteiger partial charge in [0, 0.05) is 50.2 Å². The fourth-order valence-corrected chi connectivity index (χ4v) is 11.9. The molecule has 0 amide bonds. The van der Waals surface area contributed by atoms with Gasteiger partial charge in [0.1, 0.15) is 0 Å². The van der Waals surface area contributed by atoms with Crippen LogP contribution in [0, 0.1) is 0 Å². The average molecular weight is 866 g/mol. The third-order valence-electron chi connectivity index (χ3n) is 14.5. The summed E-state index contributed by atoms with van der Waals surface area (Å²) in [7, 11) is 0. The van der Waals surface area contributed by atoms with E-state index >= 15 is 0 Å². The molecule has 1 atom stereocenters. The van der Waals surface area contributed by atoms with Crippen LogP contribution < -0.4 is 9.80 Å². The van der Waals surface area contributed by atoms with E-state index in [4.69, 9.17) is 0 Å². The van der Waals surface area contributed by atoms with Gasteiger partial charge in [-0.25, -0.2) is 0 Å². The summed E-state index contributed by atoms with van der Waals surface area (Å²) in [4.78, 5) is 4.93. The zero-order valence-corrected chi connectivity index (χ0v) is 37.2. The summed E-state index contributed by atoms with van der Waals surface area (Å²) in [5.74, 6) is 0. The van der Waals surface area contributed by atoms with Crippen molar-refractivity contribution in [2.75, 3.05) is 9.80 Å². The molecule has 0 saturated heterocycles. The molecular formula is C65H43N3. The van der Waals surface area contributed by atoms with Gasteiger partial charge in [0.2, 0.25) is 0 Å². The molecule has 0 saturated carbocycles. The normalized spacial score (nSPS) is 14.2. The largest absolute Gasteiger partial charge is 0.310 e. The second-order valence-corrected chi connectivity index (χ2v) is 18.0. The van der Waals surface area contributed by atoms with Gasteiger partial charge < -0.3 is 14.4 Å². The highest BCUT2D eigenvalue weighted by atomic mass is 15.2. The topological polar surface area (TPSA) is 11.4 Å². The summed E-state index contributed by atoms with van der Waals surface area (Å²) in [6.45, 7) is 0. The Labute approximate surface area is 395 Å². The number of aromatic nitrogens is 1. The molecule has 1 spiro atoms. The van der Waals surface area contributed by atoms with E-state index in [-0.39, 0.29) is 0 Å². The Balaban J connectivity index is 1.07. The average Bonchev–Trinajstić information content (AvgIpc) is 4.02. The number of hydrogen-bond donors (Lipinski definition) is 0. The maximum absolute atomic E-state index is 2.55. The molecule has 2 aliphatic rings. The molecule has 0 radical (unpaired) electrons. The third kappa shape index (κ3) is 5.41. The molecule has 12 aromatic rings. The van der Waals surface area contributed by atoms with Crippen LogP contribution in [0.1, 0.15) is 22.3 Å². The summed E-state index contributed by atoms with van der Waals surface area (Å²) in [6.07, 6.45) is 0. The number of rotatable bonds is 7. The first kappa shape index (κ1) is 38.4. The number of nitrogens with zero attached hydrogens (tertiary/aromatic N) is 3. The van der Waals surface area contributed by atoms with E-state index in [9.17, 15) is 0 Å². The summed E-state index contributed by atoms with van der Waals surface area (Å²) < 4.78 is 2.40. The maximum Gasteiger partial charge on any atom is 0.0727 e. The Morgan fingerprint density at radius 3 is 1.41 bits per heavy atom. The van der Waals surface area contributed by atoms with Gasteiger partial charge in [-0.2, -0.15) is 0 Å². The highest BCUT2D eigenvalue weighted by Crippen LogP contribution is 2.66. The highest BCUT2D eigenvalue weighted by molar-refractivity contribution is 6.14. The minimum absolute atomic E-state index is 0.610. The van der Waals surface area contributed by atoms with Crippen molar-refractivity contribution in [3.05, 3.63) is 283 Å². The molecule has 0 fully saturated rings. The van der Waals surface area contributed by atoms with Crippen LogP contribution in [0.3, 0.4) is 0 Å². The van der Waals surface area contributed by atoms with Gasteiger partial charge in [0.25, 0.3) is 0 Å². The molecule has 11 aromatic carbocycles. The van der Waals surface area contributed by atoms with Crippen molar-refractivity contribution < 1.29 is 0 Å². The van der Waals surface area contributed by atoms with Gasteiger partial charge in [0.15, 0.2) is 0 Å². The maximum atomic E-state index is 2.55. The van der Waals surface area contributed by atoms with E-state index < -0.39 is 5.41 Å². The first-order valence-corrected chi connectivity index (χ1v) is 23.5. The number of para-hydroxylation sites is 5. The minimum Gasteiger partial charge on any atom is -0.310 e. The van der Waals surface area contributed by atoms with Crippen LogP contribution >= 0.6 is 0 Å². The first-order valence-electron chi connectivity index (χ1n) is 23.5. The van der Waals surface area contributed by atoms with Crippen molar-refractivity contribution >= 4 is 66.7 Å². The second-order valence-electron chi connectivity index (χ2n) is 18.0. The van der Waals surface area contributed by atoms with Gasteiger partial charge in [-0.1, -0.05) is 176 Å². The molecule has 1 unspecified atom stereocenters. The van der Waals surface area contributed by atoms with E-state index in [1.54, 1.807) is 0 Å². The van der Waals surface area contributed by atoms with Crippen LogP contribution in [0.4, 0.5) is 34.1 Å². The molecule has 0 bridgehead atoms. The van der Waals surface area contributed by atoms with Gasteiger partial charge in [-0.05, 0) is 129 Å². The number of fused-ring (bicyclic) bond motifs is 15. The van der Waals surface area contributed by atoms with E-state index in [0.29, 0.717) is 0 Å². The highest BCUT2D eigenvalue weighted by Gasteiger charge is 2.53. The summed E-state index contributed by atoms with van der Waals surface area (Å²) in [5, 5.41) is 4.88. The third-order valence-corrected chi connectivity index (χ3v) is 14.5. The van der Waals surface area contributed by atoms with Crippen molar-refractivity contribution in [3.8, 4) is 27.9 Å². The minimum atomic E-state index is -0.610. The van der Waals surface area contributed by atoms with Crippen LogP contribution in [0.15, 0.2) is 261 Å². The Hall–Kier alpha value is -8.92. The number of hydrogen-bond acceptors (Lipinski definition) is 2. The Morgan fingerprint density at radius 1 is 0.279 bits per heavy atom. The van der Waals surface area contributed by atoms with Crippen LogP contribution in [-0.2, 0) is 5.41 Å².